The van der Waals surface area contributed by atoms with Crippen LogP contribution in [0.15, 0.2) is 54.9 Å². The van der Waals surface area contributed by atoms with Gasteiger partial charge in [0.05, 0.1) is 6.33 Å². The predicted octanol–water partition coefficient (Wildman–Crippen LogP) is 2.88. The van der Waals surface area contributed by atoms with Gasteiger partial charge in [-0.1, -0.05) is 0 Å². The molecule has 9 nitrogen and oxygen atoms in total. The van der Waals surface area contributed by atoms with Crippen molar-refractivity contribution in [3.63, 3.8) is 0 Å². The fraction of sp³-hybridized carbons (Fsp3) is 0.280. The maximum Gasteiger partial charge on any atom is 0.276 e. The number of carbonyl (C=O) groups is 3. The summed E-state index contributed by atoms with van der Waals surface area (Å²) in [5, 5.41) is 8.50. The fourth-order valence-corrected chi connectivity index (χ4v) is 4.64. The minimum Gasteiger partial charge on any atom is -0.346 e. The molecule has 3 amide bonds. The largest absolute Gasteiger partial charge is 0.346 e. The van der Waals surface area contributed by atoms with Crippen LogP contribution in [-0.2, 0) is 0 Å². The van der Waals surface area contributed by atoms with Gasteiger partial charge in [-0.15, -0.1) is 0 Å². The zero-order chi connectivity index (χ0) is 24.4. The van der Waals surface area contributed by atoms with Gasteiger partial charge in [-0.25, -0.2) is 9.37 Å². The first-order valence-electron chi connectivity index (χ1n) is 11.5. The molecule has 6 rings (SSSR count). The van der Waals surface area contributed by atoms with Gasteiger partial charge in [-0.2, -0.15) is 0 Å². The van der Waals surface area contributed by atoms with Crippen LogP contribution in [0.25, 0.3) is 0 Å². The van der Waals surface area contributed by atoms with Crippen molar-refractivity contribution in [1.29, 1.82) is 0 Å². The van der Waals surface area contributed by atoms with Gasteiger partial charge >= 0.3 is 0 Å². The molecule has 0 aliphatic carbocycles. The molecule has 180 valence electrons. The maximum atomic E-state index is 13.0. The molecule has 3 saturated heterocycles. The van der Waals surface area contributed by atoms with Gasteiger partial charge < -0.3 is 25.8 Å². The number of hydrogen-bond acceptors (Lipinski definition) is 5. The number of aromatic amines is 1. The number of benzene rings is 2. The van der Waals surface area contributed by atoms with E-state index in [1.807, 2.05) is 0 Å². The monoisotopic (exact) mass is 476 g/mol. The summed E-state index contributed by atoms with van der Waals surface area (Å²) in [6.07, 6.45) is 3.47. The number of anilines is 2. The highest BCUT2D eigenvalue weighted by Crippen LogP contribution is 2.27. The topological polar surface area (TPSA) is 119 Å². The molecule has 0 saturated carbocycles. The van der Waals surface area contributed by atoms with E-state index in [2.05, 4.69) is 30.8 Å². The van der Waals surface area contributed by atoms with E-state index in [0.717, 1.165) is 32.5 Å². The molecule has 1 atom stereocenters. The van der Waals surface area contributed by atoms with Crippen LogP contribution < -0.4 is 16.0 Å². The summed E-state index contributed by atoms with van der Waals surface area (Å²) in [5.41, 5.74) is 1.45. The molecule has 10 heteroatoms. The minimum absolute atomic E-state index is 0.0115. The van der Waals surface area contributed by atoms with Crippen LogP contribution in [0.4, 0.5) is 15.8 Å². The molecule has 3 fully saturated rings. The number of H-pyrrole nitrogens is 1. The van der Waals surface area contributed by atoms with E-state index in [-0.39, 0.29) is 29.2 Å². The first kappa shape index (κ1) is 22.7. The first-order chi connectivity index (χ1) is 17.0. The number of hydrogen-bond donors (Lipinski definition) is 4. The Labute approximate surface area is 201 Å². The Bertz CT molecular complexity index is 1230. The maximum absolute atomic E-state index is 13.0. The molecule has 1 unspecified atom stereocenters. The summed E-state index contributed by atoms with van der Waals surface area (Å²) < 4.78 is 13.0. The lowest BCUT2D eigenvalue weighted by Crippen LogP contribution is -2.57. The zero-order valence-electron chi connectivity index (χ0n) is 18.9. The number of amides is 3. The van der Waals surface area contributed by atoms with Gasteiger partial charge in [0.25, 0.3) is 17.7 Å². The molecular weight excluding hydrogens is 451 g/mol. The molecule has 1 aromatic heterocycles. The third-order valence-electron chi connectivity index (χ3n) is 6.56. The van der Waals surface area contributed by atoms with Gasteiger partial charge in [0.15, 0.2) is 5.69 Å². The lowest BCUT2D eigenvalue weighted by Gasteiger charge is -2.44. The summed E-state index contributed by atoms with van der Waals surface area (Å²) in [7, 11) is 0. The number of fused-ring (bicyclic) bond motifs is 3. The summed E-state index contributed by atoms with van der Waals surface area (Å²) in [5.74, 6) is -1.19. The lowest BCUT2D eigenvalue weighted by atomic mass is 9.84. The molecule has 0 spiro atoms. The third kappa shape index (κ3) is 5.07. The molecule has 2 bridgehead atoms. The fourth-order valence-electron chi connectivity index (χ4n) is 4.64. The van der Waals surface area contributed by atoms with Crippen molar-refractivity contribution in [3.8, 4) is 0 Å². The molecule has 35 heavy (non-hydrogen) atoms. The quantitative estimate of drug-likeness (QED) is 0.436. The molecule has 3 aliphatic heterocycles. The second kappa shape index (κ2) is 9.67. The third-order valence-corrected chi connectivity index (χ3v) is 6.56. The average Bonchev–Trinajstić information content (AvgIpc) is 3.37. The van der Waals surface area contributed by atoms with Crippen LogP contribution >= 0.6 is 0 Å². The minimum atomic E-state index is -0.520. The lowest BCUT2D eigenvalue weighted by molar-refractivity contribution is 0.0616. The van der Waals surface area contributed by atoms with Gasteiger partial charge in [0.1, 0.15) is 11.5 Å². The van der Waals surface area contributed by atoms with Crippen LogP contribution in [-0.4, -0.2) is 58.3 Å². The molecule has 4 N–H and O–H groups in total. The Morgan fingerprint density at radius 2 is 1.51 bits per heavy atom. The number of nitrogens with one attached hydrogen (secondary N) is 4. The smallest absolute Gasteiger partial charge is 0.276 e. The van der Waals surface area contributed by atoms with E-state index < -0.39 is 11.7 Å². The predicted molar refractivity (Wildman–Crippen MR) is 128 cm³/mol. The van der Waals surface area contributed by atoms with Crippen molar-refractivity contribution in [2.24, 2.45) is 5.92 Å². The highest BCUT2D eigenvalue weighted by molar-refractivity contribution is 6.10. The Morgan fingerprint density at radius 1 is 0.886 bits per heavy atom. The molecule has 2 aromatic carbocycles. The average molecular weight is 477 g/mol. The molecule has 0 radical (unpaired) electrons. The Kier molecular flexibility index (Phi) is 6.28. The highest BCUT2D eigenvalue weighted by atomic mass is 19.1. The van der Waals surface area contributed by atoms with Crippen LogP contribution in [0, 0.1) is 11.7 Å². The van der Waals surface area contributed by atoms with Crippen LogP contribution in [0.5, 0.6) is 0 Å². The van der Waals surface area contributed by atoms with E-state index in [9.17, 15) is 18.8 Å². The first-order valence-corrected chi connectivity index (χ1v) is 11.5. The molecule has 4 heterocycles. The summed E-state index contributed by atoms with van der Waals surface area (Å²) in [6, 6.07) is 11.8. The van der Waals surface area contributed by atoms with Gasteiger partial charge in [0.2, 0.25) is 0 Å². The van der Waals surface area contributed by atoms with E-state index in [4.69, 9.17) is 0 Å². The summed E-state index contributed by atoms with van der Waals surface area (Å²) in [4.78, 5) is 47.1. The Morgan fingerprint density at radius 3 is 2.11 bits per heavy atom. The standard InChI is InChI=1S/C25H25FN6O3/c26-17-3-1-16(2-4-17)23(33)29-18-5-7-19(8-6-18)30-24(34)21-22(28-14-27-21)25(35)31-20-13-32-11-9-15(20)10-12-32/h1-8,14-15,20H,9-13H2,(H,27,28)(H,29,33)(H,30,34)(H,31,35). The molecule has 3 aromatic rings. The number of piperidine rings is 3. The van der Waals surface area contributed by atoms with Gasteiger partial charge in [0, 0.05) is 29.5 Å². The second-order valence-electron chi connectivity index (χ2n) is 8.84. The van der Waals surface area contributed by atoms with Crippen molar-refractivity contribution in [2.45, 2.75) is 18.9 Å². The summed E-state index contributed by atoms with van der Waals surface area (Å²) >= 11 is 0. The number of rotatable bonds is 6. The summed E-state index contributed by atoms with van der Waals surface area (Å²) in [6.45, 7) is 2.98. The van der Waals surface area contributed by atoms with Crippen LogP contribution in [0.2, 0.25) is 0 Å². The number of carbonyl (C=O) groups excluding carboxylic acids is 3. The van der Waals surface area contributed by atoms with Gasteiger partial charge in [-0.3, -0.25) is 14.4 Å². The van der Waals surface area contributed by atoms with Crippen molar-refractivity contribution < 1.29 is 18.8 Å². The Hall–Kier alpha value is -4.05. The number of nitrogens with zero attached hydrogens (tertiary/aromatic N) is 2. The highest BCUT2D eigenvalue weighted by Gasteiger charge is 2.35. The molecular formula is C25H25FN6O3. The van der Waals surface area contributed by atoms with Crippen LogP contribution in [0.1, 0.15) is 44.2 Å². The number of imidazole rings is 1. The van der Waals surface area contributed by atoms with E-state index in [0.29, 0.717) is 22.9 Å². The Balaban J connectivity index is 1.19. The van der Waals surface area contributed by atoms with Crippen LogP contribution in [0.3, 0.4) is 0 Å². The van der Waals surface area contributed by atoms with Crippen molar-refractivity contribution in [3.05, 3.63) is 77.6 Å². The zero-order valence-corrected chi connectivity index (χ0v) is 18.9. The van der Waals surface area contributed by atoms with E-state index >= 15 is 0 Å². The van der Waals surface area contributed by atoms with Gasteiger partial charge in [-0.05, 0) is 80.4 Å². The van der Waals surface area contributed by atoms with Crippen molar-refractivity contribution in [1.82, 2.24) is 20.2 Å². The number of aromatic nitrogens is 2. The molecule has 3 aliphatic rings. The van der Waals surface area contributed by atoms with Crippen molar-refractivity contribution >= 4 is 29.1 Å². The number of halogens is 1. The SMILES string of the molecule is O=C(Nc1ccc(NC(=O)c2nc[nH]c2C(=O)NC2CN3CCC2CC3)cc1)c1ccc(F)cc1. The van der Waals surface area contributed by atoms with E-state index in [1.54, 1.807) is 24.3 Å². The normalized spacial score (nSPS) is 20.8. The van der Waals surface area contributed by atoms with E-state index in [1.165, 1.54) is 30.6 Å². The van der Waals surface area contributed by atoms with Crippen molar-refractivity contribution in [2.75, 3.05) is 30.3 Å². The second-order valence-corrected chi connectivity index (χ2v) is 8.84.